The lowest BCUT2D eigenvalue weighted by molar-refractivity contribution is 0.139. The van der Waals surface area contributed by atoms with Crippen molar-refractivity contribution >= 4 is 12.2 Å². The number of fused-ring (bicyclic) bond motifs is 1. The zero-order chi connectivity index (χ0) is 11.4. The molecule has 1 aromatic carbocycles. The Morgan fingerprint density at radius 3 is 3.00 bits per heavy atom. The van der Waals surface area contributed by atoms with Crippen molar-refractivity contribution in [2.24, 2.45) is 0 Å². The number of ether oxygens (including phenoxy) is 1. The zero-order valence-electron chi connectivity index (χ0n) is 9.35. The Hall–Kier alpha value is -1.77. The Morgan fingerprint density at radius 1 is 1.38 bits per heavy atom. The number of hydrogen-bond acceptors (Lipinski definition) is 2. The summed E-state index contributed by atoms with van der Waals surface area (Å²) in [5.41, 5.74) is 2.51. The van der Waals surface area contributed by atoms with Gasteiger partial charge in [0.15, 0.2) is 0 Å². The summed E-state index contributed by atoms with van der Waals surface area (Å²) in [7, 11) is 1.41. The Balaban J connectivity index is 2.24. The van der Waals surface area contributed by atoms with Gasteiger partial charge in [-0.3, -0.25) is 4.90 Å². The van der Waals surface area contributed by atoms with Gasteiger partial charge in [-0.25, -0.2) is 4.79 Å². The number of carbonyl (C=O) groups excluding carboxylic acids is 1. The zero-order valence-corrected chi connectivity index (χ0v) is 9.35. The highest BCUT2D eigenvalue weighted by atomic mass is 16.5. The minimum Gasteiger partial charge on any atom is -0.452 e. The van der Waals surface area contributed by atoms with Crippen LogP contribution >= 0.6 is 0 Å². The quantitative estimate of drug-likeness (QED) is 0.668. The van der Waals surface area contributed by atoms with Gasteiger partial charge in [0.25, 0.3) is 0 Å². The van der Waals surface area contributed by atoms with Crippen LogP contribution in [0.25, 0.3) is 6.08 Å². The van der Waals surface area contributed by atoms with Crippen LogP contribution in [0.5, 0.6) is 0 Å². The molecule has 16 heavy (non-hydrogen) atoms. The molecule has 0 bridgehead atoms. The van der Waals surface area contributed by atoms with E-state index in [2.05, 4.69) is 12.1 Å². The van der Waals surface area contributed by atoms with Crippen molar-refractivity contribution in [1.29, 1.82) is 0 Å². The summed E-state index contributed by atoms with van der Waals surface area (Å²) in [5, 5.41) is 0. The van der Waals surface area contributed by atoms with Gasteiger partial charge in [-0.05, 0) is 30.0 Å². The molecule has 0 unspecified atom stereocenters. The van der Waals surface area contributed by atoms with Crippen LogP contribution in [0.4, 0.5) is 4.79 Å². The van der Waals surface area contributed by atoms with Crippen molar-refractivity contribution in [2.75, 3.05) is 13.7 Å². The van der Waals surface area contributed by atoms with Gasteiger partial charge in [0.2, 0.25) is 0 Å². The van der Waals surface area contributed by atoms with Crippen LogP contribution in [-0.2, 0) is 11.2 Å². The maximum Gasteiger partial charge on any atom is 0.413 e. The fourth-order valence-electron chi connectivity index (χ4n) is 1.88. The van der Waals surface area contributed by atoms with Crippen LogP contribution in [0.3, 0.4) is 0 Å². The molecular formula is C13H15NO2. The minimum absolute atomic E-state index is 0.296. The molecule has 0 saturated carbocycles. The predicted octanol–water partition coefficient (Wildman–Crippen LogP) is 2.67. The second-order valence-electron chi connectivity index (χ2n) is 3.78. The van der Waals surface area contributed by atoms with Crippen molar-refractivity contribution in [3.63, 3.8) is 0 Å². The first-order valence-corrected chi connectivity index (χ1v) is 5.42. The number of benzene rings is 1. The summed E-state index contributed by atoms with van der Waals surface area (Å²) >= 11 is 0. The fraction of sp³-hybridized carbons (Fsp3) is 0.308. The van der Waals surface area contributed by atoms with Gasteiger partial charge in [-0.1, -0.05) is 24.3 Å². The van der Waals surface area contributed by atoms with Crippen molar-refractivity contribution in [3.05, 3.63) is 41.6 Å². The average molecular weight is 217 g/mol. The number of rotatable bonds is 0. The number of carbonyl (C=O) groups is 1. The van der Waals surface area contributed by atoms with E-state index in [-0.39, 0.29) is 6.09 Å². The second-order valence-corrected chi connectivity index (χ2v) is 3.78. The SMILES string of the molecule is COC(=O)N1/C=C\c2ccccc2CCC1. The molecule has 1 amide bonds. The number of methoxy groups -OCH3 is 1. The van der Waals surface area contributed by atoms with Gasteiger partial charge in [0.05, 0.1) is 7.11 Å². The van der Waals surface area contributed by atoms with Crippen molar-refractivity contribution in [3.8, 4) is 0 Å². The fourth-order valence-corrected chi connectivity index (χ4v) is 1.88. The van der Waals surface area contributed by atoms with E-state index in [4.69, 9.17) is 4.74 Å². The average Bonchev–Trinajstić information content (AvgIpc) is 2.29. The van der Waals surface area contributed by atoms with Gasteiger partial charge in [-0.2, -0.15) is 0 Å². The standard InChI is InChI=1S/C13H15NO2/c1-16-13(15)14-9-4-7-11-5-2-3-6-12(11)8-10-14/h2-3,5-6,8,10H,4,7,9H2,1H3/b10-8-. The molecule has 0 spiro atoms. The summed E-state index contributed by atoms with van der Waals surface area (Å²) in [6.45, 7) is 0.706. The van der Waals surface area contributed by atoms with Crippen molar-refractivity contribution in [2.45, 2.75) is 12.8 Å². The van der Waals surface area contributed by atoms with Crippen LogP contribution < -0.4 is 0 Å². The maximum atomic E-state index is 11.4. The summed E-state index contributed by atoms with van der Waals surface area (Å²) < 4.78 is 4.71. The lowest BCUT2D eigenvalue weighted by Crippen LogP contribution is -2.27. The summed E-state index contributed by atoms with van der Waals surface area (Å²) in [4.78, 5) is 13.0. The molecule has 0 saturated heterocycles. The Bertz CT molecular complexity index is 412. The van der Waals surface area contributed by atoms with E-state index in [1.165, 1.54) is 18.2 Å². The van der Waals surface area contributed by atoms with E-state index >= 15 is 0 Å². The number of hydrogen-bond donors (Lipinski definition) is 0. The van der Waals surface area contributed by atoms with Crippen molar-refractivity contribution in [1.82, 2.24) is 4.90 Å². The highest BCUT2D eigenvalue weighted by molar-refractivity contribution is 5.70. The Morgan fingerprint density at radius 2 is 2.19 bits per heavy atom. The van der Waals surface area contributed by atoms with Gasteiger partial charge in [0, 0.05) is 12.7 Å². The van der Waals surface area contributed by atoms with E-state index in [9.17, 15) is 4.79 Å². The lowest BCUT2D eigenvalue weighted by Gasteiger charge is -2.19. The summed E-state index contributed by atoms with van der Waals surface area (Å²) in [5.74, 6) is 0. The molecule has 84 valence electrons. The van der Waals surface area contributed by atoms with E-state index < -0.39 is 0 Å². The van der Waals surface area contributed by atoms with E-state index in [1.54, 1.807) is 11.1 Å². The number of nitrogens with zero attached hydrogens (tertiary/aromatic N) is 1. The molecule has 0 fully saturated rings. The second kappa shape index (κ2) is 4.84. The van der Waals surface area contributed by atoms with Gasteiger partial charge >= 0.3 is 6.09 Å². The first kappa shape index (κ1) is 10.7. The van der Waals surface area contributed by atoms with Gasteiger partial charge < -0.3 is 4.74 Å². The van der Waals surface area contributed by atoms with Crippen LogP contribution in [-0.4, -0.2) is 24.6 Å². The van der Waals surface area contributed by atoms with E-state index in [1.807, 2.05) is 18.2 Å². The summed E-state index contributed by atoms with van der Waals surface area (Å²) in [6, 6.07) is 8.25. The first-order valence-electron chi connectivity index (χ1n) is 5.42. The molecule has 3 heteroatoms. The molecule has 1 aliphatic rings. The monoisotopic (exact) mass is 217 g/mol. The first-order chi connectivity index (χ1) is 7.81. The Labute approximate surface area is 95.3 Å². The molecule has 2 rings (SSSR count). The molecule has 1 heterocycles. The van der Waals surface area contributed by atoms with Crippen LogP contribution in [0.1, 0.15) is 17.5 Å². The van der Waals surface area contributed by atoms with Gasteiger partial charge in [-0.15, -0.1) is 0 Å². The third-order valence-electron chi connectivity index (χ3n) is 2.74. The summed E-state index contributed by atoms with van der Waals surface area (Å²) in [6.07, 6.45) is 5.41. The van der Waals surface area contributed by atoms with Crippen LogP contribution in [0.2, 0.25) is 0 Å². The highest BCUT2D eigenvalue weighted by Crippen LogP contribution is 2.16. The number of aryl methyl sites for hydroxylation is 1. The van der Waals surface area contributed by atoms with Crippen LogP contribution in [0, 0.1) is 0 Å². The molecule has 0 radical (unpaired) electrons. The third kappa shape index (κ3) is 2.24. The molecular weight excluding hydrogens is 202 g/mol. The van der Waals surface area contributed by atoms with Crippen LogP contribution in [0.15, 0.2) is 30.5 Å². The molecule has 0 aliphatic carbocycles. The molecule has 1 aromatic rings. The normalized spacial score (nSPS) is 16.9. The molecule has 1 aliphatic heterocycles. The van der Waals surface area contributed by atoms with Gasteiger partial charge in [0.1, 0.15) is 0 Å². The van der Waals surface area contributed by atoms with E-state index in [0.717, 1.165) is 12.8 Å². The molecule has 0 aromatic heterocycles. The molecule has 0 N–H and O–H groups in total. The minimum atomic E-state index is -0.296. The van der Waals surface area contributed by atoms with Crippen molar-refractivity contribution < 1.29 is 9.53 Å². The third-order valence-corrected chi connectivity index (χ3v) is 2.74. The smallest absolute Gasteiger partial charge is 0.413 e. The maximum absolute atomic E-state index is 11.4. The molecule has 3 nitrogen and oxygen atoms in total. The number of amides is 1. The largest absolute Gasteiger partial charge is 0.452 e. The molecule has 0 atom stereocenters. The highest BCUT2D eigenvalue weighted by Gasteiger charge is 2.12. The van der Waals surface area contributed by atoms with E-state index in [0.29, 0.717) is 6.54 Å². The topological polar surface area (TPSA) is 29.5 Å². The Kier molecular flexibility index (Phi) is 3.25. The lowest BCUT2D eigenvalue weighted by atomic mass is 10.0. The predicted molar refractivity (Wildman–Crippen MR) is 62.9 cm³/mol.